The summed E-state index contributed by atoms with van der Waals surface area (Å²) in [5.74, 6) is -1.76. The number of anilines is 3. The van der Waals surface area contributed by atoms with Crippen LogP contribution in [0.3, 0.4) is 0 Å². The fourth-order valence-corrected chi connectivity index (χ4v) is 6.49. The van der Waals surface area contributed by atoms with Crippen LogP contribution in [0.1, 0.15) is 51.7 Å². The van der Waals surface area contributed by atoms with E-state index >= 15 is 0 Å². The number of rotatable bonds is 4. The summed E-state index contributed by atoms with van der Waals surface area (Å²) >= 11 is 0. The predicted molar refractivity (Wildman–Crippen MR) is 169 cm³/mol. The molecule has 0 spiro atoms. The van der Waals surface area contributed by atoms with Gasteiger partial charge in [0.15, 0.2) is 11.6 Å². The number of fused-ring (bicyclic) bond motifs is 4. The van der Waals surface area contributed by atoms with Gasteiger partial charge in [-0.05, 0) is 101 Å². The van der Waals surface area contributed by atoms with E-state index in [0.717, 1.165) is 57.3 Å². The molecule has 2 nitrogen and oxygen atoms in total. The molecule has 1 heterocycles. The molecule has 210 valence electrons. The zero-order valence-electron chi connectivity index (χ0n) is 24.3. The van der Waals surface area contributed by atoms with Crippen LogP contribution in [0.4, 0.5) is 25.8 Å². The van der Waals surface area contributed by atoms with Crippen molar-refractivity contribution in [1.82, 2.24) is 0 Å². The Hall–Kier alpha value is -4.44. The first-order valence-electron chi connectivity index (χ1n) is 14.5. The van der Waals surface area contributed by atoms with Gasteiger partial charge in [0.25, 0.3) is 0 Å². The topological polar surface area (TPSA) is 16.4 Å². The number of hydrogen-bond acceptors (Lipinski definition) is 2. The summed E-state index contributed by atoms with van der Waals surface area (Å²) < 4.78 is 35.1. The average Bonchev–Trinajstić information content (AvgIpc) is 3.35. The zero-order chi connectivity index (χ0) is 29.2. The monoisotopic (exact) mass is 557 g/mol. The van der Waals surface area contributed by atoms with E-state index in [1.54, 1.807) is 6.07 Å². The number of benzene rings is 5. The van der Waals surface area contributed by atoms with Gasteiger partial charge in [-0.3, -0.25) is 0 Å². The molecule has 0 saturated carbocycles. The summed E-state index contributed by atoms with van der Waals surface area (Å²) in [6, 6.07) is 32.9. The van der Waals surface area contributed by atoms with Gasteiger partial charge in [-0.15, -0.1) is 0 Å². The second kappa shape index (κ2) is 9.55. The summed E-state index contributed by atoms with van der Waals surface area (Å²) in [5.41, 5.74) is 8.86. The predicted octanol–water partition coefficient (Wildman–Crippen LogP) is 11.3. The van der Waals surface area contributed by atoms with Crippen molar-refractivity contribution in [2.24, 2.45) is 0 Å². The van der Waals surface area contributed by atoms with Crippen LogP contribution in [0.2, 0.25) is 0 Å². The highest BCUT2D eigenvalue weighted by atomic mass is 19.2. The van der Waals surface area contributed by atoms with Gasteiger partial charge in [0.1, 0.15) is 11.2 Å². The number of hydrogen-bond donors (Lipinski definition) is 0. The molecule has 1 aliphatic rings. The fraction of sp³-hybridized carbons (Fsp3) is 0.211. The molecule has 0 saturated heterocycles. The van der Waals surface area contributed by atoms with E-state index in [0.29, 0.717) is 5.69 Å². The van der Waals surface area contributed by atoms with Crippen molar-refractivity contribution in [1.29, 1.82) is 0 Å². The lowest BCUT2D eigenvalue weighted by Crippen LogP contribution is -2.33. The fourth-order valence-electron chi connectivity index (χ4n) is 6.49. The van der Waals surface area contributed by atoms with E-state index in [-0.39, 0.29) is 10.8 Å². The Morgan fingerprint density at radius 3 is 1.90 bits per heavy atom. The minimum absolute atomic E-state index is 0.0653. The summed E-state index contributed by atoms with van der Waals surface area (Å²) in [6.07, 6.45) is 2.26. The lowest BCUT2D eigenvalue weighted by molar-refractivity contribution is 0.332. The molecule has 0 fully saturated rings. The van der Waals surface area contributed by atoms with Gasteiger partial charge in [-0.2, -0.15) is 0 Å². The second-order valence-corrected chi connectivity index (χ2v) is 12.8. The van der Waals surface area contributed by atoms with Crippen LogP contribution in [0.25, 0.3) is 33.1 Å². The summed E-state index contributed by atoms with van der Waals surface area (Å²) in [5, 5.41) is 2.07. The zero-order valence-corrected chi connectivity index (χ0v) is 24.3. The lowest BCUT2D eigenvalue weighted by Gasteiger charge is -2.41. The highest BCUT2D eigenvalue weighted by Gasteiger charge is 2.37. The molecule has 42 heavy (non-hydrogen) atoms. The quantitative estimate of drug-likeness (QED) is 0.214. The van der Waals surface area contributed by atoms with Gasteiger partial charge in [-0.25, -0.2) is 8.78 Å². The van der Waals surface area contributed by atoms with Crippen LogP contribution in [-0.4, -0.2) is 0 Å². The molecule has 0 amide bonds. The van der Waals surface area contributed by atoms with Crippen LogP contribution in [0.15, 0.2) is 108 Å². The first-order chi connectivity index (χ1) is 20.1. The average molecular weight is 558 g/mol. The number of halogens is 2. The normalized spacial score (nSPS) is 15.6. The summed E-state index contributed by atoms with van der Waals surface area (Å²) in [4.78, 5) is 1.97. The van der Waals surface area contributed by atoms with E-state index in [9.17, 15) is 8.78 Å². The number of nitrogens with zero attached hydrogens (tertiary/aromatic N) is 1. The van der Waals surface area contributed by atoms with Crippen molar-refractivity contribution in [2.75, 3.05) is 4.90 Å². The van der Waals surface area contributed by atoms with E-state index in [1.807, 2.05) is 47.4 Å². The van der Waals surface area contributed by atoms with E-state index < -0.39 is 11.6 Å². The maximum Gasteiger partial charge on any atom is 0.160 e. The molecular formula is C38H33F2NO. The van der Waals surface area contributed by atoms with Gasteiger partial charge in [0.2, 0.25) is 0 Å². The Morgan fingerprint density at radius 1 is 0.548 bits per heavy atom. The maximum atomic E-state index is 14.6. The molecular weight excluding hydrogens is 524 g/mol. The Kier molecular flexibility index (Phi) is 6.02. The molecule has 0 atom stereocenters. The smallest absolute Gasteiger partial charge is 0.160 e. The molecule has 1 aromatic heterocycles. The van der Waals surface area contributed by atoms with E-state index in [4.69, 9.17) is 4.42 Å². The summed E-state index contributed by atoms with van der Waals surface area (Å²) in [6.45, 7) is 9.28. The Bertz CT molecular complexity index is 1970. The van der Waals surface area contributed by atoms with Crippen molar-refractivity contribution in [3.63, 3.8) is 0 Å². The van der Waals surface area contributed by atoms with E-state index in [1.165, 1.54) is 23.3 Å². The Labute approximate surface area is 245 Å². The van der Waals surface area contributed by atoms with Gasteiger partial charge < -0.3 is 9.32 Å². The SMILES string of the molecule is CC1(C)CCC(C)(C)c2cc3c(cc21)oc1ccc(N(c2cccc(-c4ccccc4)c2)c2ccc(F)c(F)c2)cc13. The molecule has 0 bridgehead atoms. The summed E-state index contributed by atoms with van der Waals surface area (Å²) in [7, 11) is 0. The molecule has 4 heteroatoms. The molecule has 0 aliphatic heterocycles. The third-order valence-corrected chi connectivity index (χ3v) is 9.06. The van der Waals surface area contributed by atoms with Gasteiger partial charge >= 0.3 is 0 Å². The highest BCUT2D eigenvalue weighted by molar-refractivity contribution is 6.07. The lowest BCUT2D eigenvalue weighted by atomic mass is 9.63. The minimum Gasteiger partial charge on any atom is -0.456 e. The van der Waals surface area contributed by atoms with Crippen LogP contribution in [0, 0.1) is 11.6 Å². The maximum absolute atomic E-state index is 14.6. The van der Waals surface area contributed by atoms with Crippen molar-refractivity contribution in [3.8, 4) is 11.1 Å². The van der Waals surface area contributed by atoms with Crippen LogP contribution < -0.4 is 4.90 Å². The second-order valence-electron chi connectivity index (χ2n) is 12.8. The van der Waals surface area contributed by atoms with Crippen LogP contribution in [0.5, 0.6) is 0 Å². The van der Waals surface area contributed by atoms with Crippen molar-refractivity contribution in [3.05, 3.63) is 126 Å². The molecule has 0 unspecified atom stereocenters. The van der Waals surface area contributed by atoms with Crippen LogP contribution in [-0.2, 0) is 10.8 Å². The molecule has 5 aromatic carbocycles. The number of furan rings is 1. The first-order valence-corrected chi connectivity index (χ1v) is 14.5. The molecule has 7 rings (SSSR count). The minimum atomic E-state index is -0.886. The van der Waals surface area contributed by atoms with Crippen molar-refractivity contribution >= 4 is 39.0 Å². The van der Waals surface area contributed by atoms with Crippen molar-refractivity contribution in [2.45, 2.75) is 51.4 Å². The van der Waals surface area contributed by atoms with Crippen LogP contribution >= 0.6 is 0 Å². The third kappa shape index (κ3) is 4.37. The van der Waals surface area contributed by atoms with Gasteiger partial charge in [0.05, 0.1) is 0 Å². The third-order valence-electron chi connectivity index (χ3n) is 9.06. The Balaban J connectivity index is 1.44. The molecule has 1 aliphatic carbocycles. The van der Waals surface area contributed by atoms with E-state index in [2.05, 4.69) is 70.2 Å². The molecule has 0 radical (unpaired) electrons. The molecule has 0 N–H and O–H groups in total. The van der Waals surface area contributed by atoms with Gasteiger partial charge in [-0.1, -0.05) is 70.2 Å². The largest absolute Gasteiger partial charge is 0.456 e. The first kappa shape index (κ1) is 26.5. The standard InChI is InChI=1S/C38H33F2NO/c1-37(2)17-18-38(3,4)32-23-36-30(22-31(32)37)29-20-27(14-16-35(29)42-36)41(28-13-15-33(39)34(40)21-28)26-12-8-11-25(19-26)24-9-6-5-7-10-24/h5-16,19-23H,17-18H2,1-4H3. The Morgan fingerprint density at radius 2 is 1.17 bits per heavy atom. The molecule has 6 aromatic rings. The van der Waals surface area contributed by atoms with Crippen molar-refractivity contribution < 1.29 is 13.2 Å². The highest BCUT2D eigenvalue weighted by Crippen LogP contribution is 2.48. The van der Waals surface area contributed by atoms with Gasteiger partial charge in [0, 0.05) is 33.9 Å².